The van der Waals surface area contributed by atoms with Gasteiger partial charge in [0.2, 0.25) is 0 Å². The van der Waals surface area contributed by atoms with E-state index in [2.05, 4.69) is 0 Å². The molecule has 0 aliphatic heterocycles. The van der Waals surface area contributed by atoms with E-state index >= 15 is 0 Å². The van der Waals surface area contributed by atoms with Gasteiger partial charge in [-0.2, -0.15) is 0 Å². The molecule has 0 saturated heterocycles. The van der Waals surface area contributed by atoms with E-state index in [4.69, 9.17) is 28.9 Å². The van der Waals surface area contributed by atoms with E-state index in [-0.39, 0.29) is 5.69 Å². The fourth-order valence-corrected chi connectivity index (χ4v) is 2.59. The van der Waals surface area contributed by atoms with Crippen molar-refractivity contribution >= 4 is 28.9 Å². The van der Waals surface area contributed by atoms with Gasteiger partial charge in [-0.05, 0) is 41.3 Å². The Hall–Kier alpha value is -1.62. The van der Waals surface area contributed by atoms with Gasteiger partial charge in [0.25, 0.3) is 5.69 Å². The molecule has 0 amide bonds. The van der Waals surface area contributed by atoms with Gasteiger partial charge in [0.15, 0.2) is 0 Å². The van der Waals surface area contributed by atoms with Crippen molar-refractivity contribution in [2.24, 2.45) is 5.73 Å². The Morgan fingerprint density at radius 3 is 2.25 bits per heavy atom. The first-order chi connectivity index (χ1) is 9.49. The molecule has 2 rings (SSSR count). The average molecular weight is 311 g/mol. The van der Waals surface area contributed by atoms with Crippen LogP contribution in [0, 0.1) is 10.1 Å². The molecule has 0 aliphatic rings. The number of nitrogens with zero attached hydrogens (tertiary/aromatic N) is 1. The molecule has 0 heterocycles. The van der Waals surface area contributed by atoms with Gasteiger partial charge in [0, 0.05) is 28.7 Å². The van der Waals surface area contributed by atoms with Crippen molar-refractivity contribution in [3.63, 3.8) is 0 Å². The smallest absolute Gasteiger partial charge is 0.269 e. The van der Waals surface area contributed by atoms with Crippen LogP contribution in [-0.2, 0) is 13.0 Å². The Kier molecular flexibility index (Phi) is 4.60. The summed E-state index contributed by atoms with van der Waals surface area (Å²) in [4.78, 5) is 10.4. The molecular weight excluding hydrogens is 299 g/mol. The number of rotatable bonds is 4. The number of halogens is 2. The highest BCUT2D eigenvalue weighted by molar-refractivity contribution is 6.34. The van der Waals surface area contributed by atoms with Crippen molar-refractivity contribution in [3.8, 4) is 0 Å². The molecule has 2 aromatic rings. The molecule has 2 N–H and O–H groups in total. The van der Waals surface area contributed by atoms with Crippen molar-refractivity contribution in [3.05, 3.63) is 73.2 Å². The minimum Gasteiger partial charge on any atom is -0.326 e. The molecule has 104 valence electrons. The van der Waals surface area contributed by atoms with Crippen molar-refractivity contribution in [1.29, 1.82) is 0 Å². The molecule has 0 atom stereocenters. The molecule has 0 fully saturated rings. The minimum atomic E-state index is -0.422. The summed E-state index contributed by atoms with van der Waals surface area (Å²) < 4.78 is 0. The van der Waals surface area contributed by atoms with Crippen LogP contribution in [0.3, 0.4) is 0 Å². The second-order valence-electron chi connectivity index (χ2n) is 4.37. The molecular formula is C14H12Cl2N2O2. The van der Waals surface area contributed by atoms with Crippen LogP contribution in [0.5, 0.6) is 0 Å². The number of nitro benzene ring substituents is 1. The van der Waals surface area contributed by atoms with E-state index in [1.165, 1.54) is 12.1 Å². The molecule has 0 radical (unpaired) electrons. The average Bonchev–Trinajstić information content (AvgIpc) is 2.37. The summed E-state index contributed by atoms with van der Waals surface area (Å²) >= 11 is 11.9. The first-order valence-corrected chi connectivity index (χ1v) is 6.66. The Labute approximate surface area is 126 Å². The van der Waals surface area contributed by atoms with Crippen molar-refractivity contribution in [2.75, 3.05) is 0 Å². The zero-order valence-electron chi connectivity index (χ0n) is 10.5. The molecule has 4 nitrogen and oxygen atoms in total. The fourth-order valence-electron chi connectivity index (χ4n) is 2.02. The van der Waals surface area contributed by atoms with E-state index in [1.807, 2.05) is 0 Å². The SMILES string of the molecule is NCc1ccc([N+](=O)[O-])cc1Cc1cc(Cl)cc(Cl)c1. The molecule has 0 bridgehead atoms. The van der Waals surface area contributed by atoms with Gasteiger partial charge < -0.3 is 5.73 Å². The maximum Gasteiger partial charge on any atom is 0.269 e. The van der Waals surface area contributed by atoms with Gasteiger partial charge in [0.1, 0.15) is 0 Å². The molecule has 0 spiro atoms. The van der Waals surface area contributed by atoms with Crippen LogP contribution in [0.25, 0.3) is 0 Å². The molecule has 0 unspecified atom stereocenters. The predicted octanol–water partition coefficient (Wildman–Crippen LogP) is 3.95. The lowest BCUT2D eigenvalue weighted by atomic mass is 9.99. The zero-order chi connectivity index (χ0) is 14.7. The Bertz CT molecular complexity index is 639. The van der Waals surface area contributed by atoms with Crippen LogP contribution >= 0.6 is 23.2 Å². The number of benzene rings is 2. The van der Waals surface area contributed by atoms with E-state index in [1.54, 1.807) is 24.3 Å². The molecule has 0 aromatic heterocycles. The Balaban J connectivity index is 2.40. The van der Waals surface area contributed by atoms with Crippen molar-refractivity contribution in [2.45, 2.75) is 13.0 Å². The van der Waals surface area contributed by atoms with Crippen molar-refractivity contribution in [1.82, 2.24) is 0 Å². The molecule has 2 aromatic carbocycles. The highest BCUT2D eigenvalue weighted by Gasteiger charge is 2.11. The zero-order valence-corrected chi connectivity index (χ0v) is 12.0. The summed E-state index contributed by atoms with van der Waals surface area (Å²) in [6.45, 7) is 0.321. The van der Waals surface area contributed by atoms with Crippen LogP contribution in [-0.4, -0.2) is 4.92 Å². The second kappa shape index (κ2) is 6.22. The van der Waals surface area contributed by atoms with E-state index < -0.39 is 4.92 Å². The molecule has 0 saturated carbocycles. The van der Waals surface area contributed by atoms with Crippen LogP contribution in [0.15, 0.2) is 36.4 Å². The summed E-state index contributed by atoms with van der Waals surface area (Å²) in [6, 6.07) is 9.89. The quantitative estimate of drug-likeness (QED) is 0.686. The van der Waals surface area contributed by atoms with Crippen LogP contribution in [0.1, 0.15) is 16.7 Å². The standard InChI is InChI=1S/C14H12Cl2N2O2/c15-12-4-9(5-13(16)7-12)3-11-6-14(18(19)20)2-1-10(11)8-17/h1-2,4-7H,3,8,17H2. The first-order valence-electron chi connectivity index (χ1n) is 5.91. The number of hydrogen-bond donors (Lipinski definition) is 1. The Morgan fingerprint density at radius 1 is 1.05 bits per heavy atom. The fraction of sp³-hybridized carbons (Fsp3) is 0.143. The number of hydrogen-bond acceptors (Lipinski definition) is 3. The van der Waals surface area contributed by atoms with Gasteiger partial charge in [0.05, 0.1) is 4.92 Å². The van der Waals surface area contributed by atoms with Gasteiger partial charge in [-0.3, -0.25) is 10.1 Å². The molecule has 6 heteroatoms. The summed E-state index contributed by atoms with van der Waals surface area (Å²) in [6.07, 6.45) is 0.495. The van der Waals surface area contributed by atoms with E-state index in [0.29, 0.717) is 23.0 Å². The lowest BCUT2D eigenvalue weighted by Crippen LogP contribution is -2.03. The number of nitro groups is 1. The lowest BCUT2D eigenvalue weighted by Gasteiger charge is -2.09. The van der Waals surface area contributed by atoms with Crippen molar-refractivity contribution < 1.29 is 4.92 Å². The number of non-ortho nitro benzene ring substituents is 1. The highest BCUT2D eigenvalue weighted by Crippen LogP contribution is 2.24. The van der Waals surface area contributed by atoms with Gasteiger partial charge >= 0.3 is 0 Å². The Morgan fingerprint density at radius 2 is 1.70 bits per heavy atom. The summed E-state index contributed by atoms with van der Waals surface area (Å²) in [5.41, 5.74) is 8.27. The van der Waals surface area contributed by atoms with E-state index in [9.17, 15) is 10.1 Å². The molecule has 0 aliphatic carbocycles. The topological polar surface area (TPSA) is 69.2 Å². The van der Waals surface area contributed by atoms with Gasteiger partial charge in [-0.1, -0.05) is 29.3 Å². The van der Waals surface area contributed by atoms with Gasteiger partial charge in [-0.25, -0.2) is 0 Å². The maximum absolute atomic E-state index is 10.8. The summed E-state index contributed by atoms with van der Waals surface area (Å²) in [5, 5.41) is 11.9. The minimum absolute atomic E-state index is 0.0466. The highest BCUT2D eigenvalue weighted by atomic mass is 35.5. The lowest BCUT2D eigenvalue weighted by molar-refractivity contribution is -0.384. The second-order valence-corrected chi connectivity index (χ2v) is 5.24. The maximum atomic E-state index is 10.8. The largest absolute Gasteiger partial charge is 0.326 e. The summed E-state index contributed by atoms with van der Waals surface area (Å²) in [7, 11) is 0. The van der Waals surface area contributed by atoms with Crippen LogP contribution < -0.4 is 5.73 Å². The third-order valence-corrected chi connectivity index (χ3v) is 3.37. The summed E-state index contributed by atoms with van der Waals surface area (Å²) in [5.74, 6) is 0. The van der Waals surface area contributed by atoms with Crippen LogP contribution in [0.2, 0.25) is 10.0 Å². The third kappa shape index (κ3) is 3.48. The first kappa shape index (κ1) is 14.8. The molecule has 20 heavy (non-hydrogen) atoms. The number of nitrogens with two attached hydrogens (primary N) is 1. The van der Waals surface area contributed by atoms with Crippen LogP contribution in [0.4, 0.5) is 5.69 Å². The van der Waals surface area contributed by atoms with Gasteiger partial charge in [-0.15, -0.1) is 0 Å². The van der Waals surface area contributed by atoms with E-state index in [0.717, 1.165) is 16.7 Å². The monoisotopic (exact) mass is 310 g/mol. The predicted molar refractivity (Wildman–Crippen MR) is 80.3 cm³/mol. The third-order valence-electron chi connectivity index (χ3n) is 2.94. The normalized spacial score (nSPS) is 10.6.